The van der Waals surface area contributed by atoms with E-state index in [1.165, 1.54) is 17.0 Å². The number of amides is 1. The summed E-state index contributed by atoms with van der Waals surface area (Å²) in [6.07, 6.45) is 2.71. The van der Waals surface area contributed by atoms with Gasteiger partial charge in [0.2, 0.25) is 5.91 Å². The molecule has 3 aromatic rings. The number of ether oxygens (including phenoxy) is 2. The van der Waals surface area contributed by atoms with Gasteiger partial charge >= 0.3 is 6.61 Å². The maximum Gasteiger partial charge on any atom is 0.387 e. The van der Waals surface area contributed by atoms with Crippen LogP contribution in [0.1, 0.15) is 18.1 Å². The van der Waals surface area contributed by atoms with E-state index in [0.717, 1.165) is 17.5 Å². The first-order chi connectivity index (χ1) is 15.0. The van der Waals surface area contributed by atoms with E-state index in [2.05, 4.69) is 21.1 Å². The van der Waals surface area contributed by atoms with Gasteiger partial charge in [-0.2, -0.15) is 8.78 Å². The molecule has 8 heteroatoms. The Kier molecular flexibility index (Phi) is 7.83. The number of fused-ring (bicyclic) bond motifs is 1. The largest absolute Gasteiger partial charge is 0.490 e. The summed E-state index contributed by atoms with van der Waals surface area (Å²) in [5.41, 5.74) is 3.08. The van der Waals surface area contributed by atoms with E-state index in [-0.39, 0.29) is 24.0 Å². The van der Waals surface area contributed by atoms with E-state index in [1.807, 2.05) is 36.3 Å². The Morgan fingerprint density at radius 2 is 2.00 bits per heavy atom. The van der Waals surface area contributed by atoms with E-state index < -0.39 is 6.61 Å². The summed E-state index contributed by atoms with van der Waals surface area (Å²) in [6, 6.07) is 12.9. The molecule has 31 heavy (non-hydrogen) atoms. The van der Waals surface area contributed by atoms with Crippen LogP contribution < -0.4 is 14.8 Å². The highest BCUT2D eigenvalue weighted by Crippen LogP contribution is 2.30. The van der Waals surface area contributed by atoms with Crippen molar-refractivity contribution in [2.24, 2.45) is 0 Å². The Morgan fingerprint density at radius 3 is 2.77 bits per heavy atom. The number of alkyl halides is 2. The van der Waals surface area contributed by atoms with E-state index in [9.17, 15) is 13.6 Å². The summed E-state index contributed by atoms with van der Waals surface area (Å²) in [5.74, 6) is 0.181. The molecule has 0 saturated heterocycles. The second kappa shape index (κ2) is 10.8. The Morgan fingerprint density at radius 1 is 1.19 bits per heavy atom. The lowest BCUT2D eigenvalue weighted by Gasteiger charge is -2.18. The molecule has 166 valence electrons. The first-order valence-electron chi connectivity index (χ1n) is 10.2. The van der Waals surface area contributed by atoms with Crippen LogP contribution in [0.2, 0.25) is 0 Å². The van der Waals surface area contributed by atoms with Gasteiger partial charge in [0.25, 0.3) is 0 Å². The van der Waals surface area contributed by atoms with Gasteiger partial charge in [0.1, 0.15) is 0 Å². The Labute approximate surface area is 180 Å². The molecule has 2 N–H and O–H groups in total. The second-order valence-corrected chi connectivity index (χ2v) is 7.22. The minimum atomic E-state index is -2.92. The lowest BCUT2D eigenvalue weighted by atomic mass is 10.1. The van der Waals surface area contributed by atoms with Gasteiger partial charge in [0, 0.05) is 30.2 Å². The van der Waals surface area contributed by atoms with Crippen molar-refractivity contribution < 1.29 is 23.0 Å². The van der Waals surface area contributed by atoms with Gasteiger partial charge in [-0.1, -0.05) is 24.3 Å². The minimum absolute atomic E-state index is 0.00160. The highest BCUT2D eigenvalue weighted by atomic mass is 19.3. The second-order valence-electron chi connectivity index (χ2n) is 7.22. The van der Waals surface area contributed by atoms with Gasteiger partial charge in [-0.3, -0.25) is 9.69 Å². The van der Waals surface area contributed by atoms with E-state index in [0.29, 0.717) is 19.7 Å². The molecule has 0 aliphatic heterocycles. The van der Waals surface area contributed by atoms with Crippen molar-refractivity contribution in [1.29, 1.82) is 0 Å². The van der Waals surface area contributed by atoms with Crippen molar-refractivity contribution in [3.05, 3.63) is 59.8 Å². The predicted molar refractivity (Wildman–Crippen MR) is 116 cm³/mol. The number of halogens is 2. The molecule has 1 aromatic heterocycles. The smallest absolute Gasteiger partial charge is 0.387 e. The normalized spacial score (nSPS) is 11.3. The highest BCUT2D eigenvalue weighted by Gasteiger charge is 2.13. The van der Waals surface area contributed by atoms with Crippen molar-refractivity contribution in [3.63, 3.8) is 0 Å². The SMILES string of the molecule is CCOc1cc(CN(C)CC(=O)NCCc2c[nH]c3ccccc23)ccc1OC(F)F. The molecule has 0 unspecified atom stereocenters. The number of nitrogens with one attached hydrogen (secondary N) is 2. The number of aromatic amines is 1. The summed E-state index contributed by atoms with van der Waals surface area (Å²) in [7, 11) is 1.82. The van der Waals surface area contributed by atoms with Crippen molar-refractivity contribution in [2.45, 2.75) is 26.5 Å². The number of para-hydroxylation sites is 1. The van der Waals surface area contributed by atoms with E-state index >= 15 is 0 Å². The molecule has 2 aromatic carbocycles. The molecule has 1 heterocycles. The van der Waals surface area contributed by atoms with Crippen molar-refractivity contribution >= 4 is 16.8 Å². The number of hydrogen-bond donors (Lipinski definition) is 2. The lowest BCUT2D eigenvalue weighted by Crippen LogP contribution is -2.35. The van der Waals surface area contributed by atoms with Crippen LogP contribution in [-0.2, 0) is 17.8 Å². The van der Waals surface area contributed by atoms with Crippen LogP contribution in [0.3, 0.4) is 0 Å². The first kappa shape index (κ1) is 22.6. The molecule has 0 saturated carbocycles. The summed E-state index contributed by atoms with van der Waals surface area (Å²) in [5, 5.41) is 4.11. The molecular weight excluding hydrogens is 404 g/mol. The van der Waals surface area contributed by atoms with Gasteiger partial charge < -0.3 is 19.8 Å². The molecule has 0 radical (unpaired) electrons. The maximum atomic E-state index is 12.5. The lowest BCUT2D eigenvalue weighted by molar-refractivity contribution is -0.122. The van der Waals surface area contributed by atoms with Gasteiger partial charge in [0.05, 0.1) is 13.2 Å². The number of carbonyl (C=O) groups is 1. The molecule has 1 amide bonds. The molecule has 3 rings (SSSR count). The summed E-state index contributed by atoms with van der Waals surface area (Å²) in [4.78, 5) is 17.4. The summed E-state index contributed by atoms with van der Waals surface area (Å²) < 4.78 is 34.9. The fourth-order valence-corrected chi connectivity index (χ4v) is 3.46. The van der Waals surface area contributed by atoms with Gasteiger partial charge in [0.15, 0.2) is 11.5 Å². The Bertz CT molecular complexity index is 1010. The quantitative estimate of drug-likeness (QED) is 0.482. The van der Waals surface area contributed by atoms with Gasteiger partial charge in [-0.05, 0) is 49.7 Å². The average Bonchev–Trinajstić information content (AvgIpc) is 3.13. The zero-order chi connectivity index (χ0) is 22.2. The third-order valence-corrected chi connectivity index (χ3v) is 4.78. The van der Waals surface area contributed by atoms with E-state index in [4.69, 9.17) is 4.74 Å². The van der Waals surface area contributed by atoms with Gasteiger partial charge in [-0.25, -0.2) is 0 Å². The van der Waals surface area contributed by atoms with Crippen LogP contribution in [0.4, 0.5) is 8.78 Å². The fraction of sp³-hybridized carbons (Fsp3) is 0.348. The maximum absolute atomic E-state index is 12.5. The molecule has 0 spiro atoms. The monoisotopic (exact) mass is 431 g/mol. The Balaban J connectivity index is 1.48. The molecule has 6 nitrogen and oxygen atoms in total. The zero-order valence-electron chi connectivity index (χ0n) is 17.7. The van der Waals surface area contributed by atoms with Crippen LogP contribution in [-0.4, -0.2) is 49.1 Å². The predicted octanol–water partition coefficient (Wildman–Crippen LogP) is 3.96. The highest BCUT2D eigenvalue weighted by molar-refractivity contribution is 5.83. The Hall–Kier alpha value is -3.13. The van der Waals surface area contributed by atoms with Crippen LogP contribution in [0.5, 0.6) is 11.5 Å². The third-order valence-electron chi connectivity index (χ3n) is 4.78. The number of carbonyl (C=O) groups excluding carboxylic acids is 1. The van der Waals surface area contributed by atoms with E-state index in [1.54, 1.807) is 19.1 Å². The number of likely N-dealkylation sites (N-methyl/N-ethyl adjacent to an activating group) is 1. The minimum Gasteiger partial charge on any atom is -0.490 e. The van der Waals surface area contributed by atoms with Crippen LogP contribution >= 0.6 is 0 Å². The first-order valence-corrected chi connectivity index (χ1v) is 10.2. The number of hydrogen-bond acceptors (Lipinski definition) is 4. The van der Waals surface area contributed by atoms with Crippen molar-refractivity contribution in [1.82, 2.24) is 15.2 Å². The van der Waals surface area contributed by atoms with Crippen LogP contribution in [0.15, 0.2) is 48.7 Å². The van der Waals surface area contributed by atoms with Crippen molar-refractivity contribution in [3.8, 4) is 11.5 Å². The van der Waals surface area contributed by atoms with Crippen LogP contribution in [0, 0.1) is 0 Å². The molecule has 0 aliphatic rings. The fourth-order valence-electron chi connectivity index (χ4n) is 3.46. The molecule has 0 aliphatic carbocycles. The summed E-state index contributed by atoms with van der Waals surface area (Å²) >= 11 is 0. The third kappa shape index (κ3) is 6.42. The zero-order valence-corrected chi connectivity index (χ0v) is 17.7. The topological polar surface area (TPSA) is 66.6 Å². The van der Waals surface area contributed by atoms with Crippen molar-refractivity contribution in [2.75, 3.05) is 26.7 Å². The molecule has 0 fully saturated rings. The van der Waals surface area contributed by atoms with Gasteiger partial charge in [-0.15, -0.1) is 0 Å². The molecular formula is C23H27F2N3O3. The molecule has 0 bridgehead atoms. The number of rotatable bonds is 11. The average molecular weight is 431 g/mol. The number of benzene rings is 2. The number of H-pyrrole nitrogens is 1. The van der Waals surface area contributed by atoms with Crippen LogP contribution in [0.25, 0.3) is 10.9 Å². The number of aromatic nitrogens is 1. The molecule has 0 atom stereocenters. The standard InChI is InChI=1S/C23H27F2N3O3/c1-3-30-21-12-16(8-9-20(21)31-23(24)25)14-28(2)15-22(29)26-11-10-17-13-27-19-7-5-4-6-18(17)19/h4-9,12-13,23,27H,3,10-11,14-15H2,1-2H3,(H,26,29). The summed E-state index contributed by atoms with van der Waals surface area (Å²) in [6.45, 7) is 0.407. The number of nitrogens with zero attached hydrogens (tertiary/aromatic N) is 1.